The van der Waals surface area contributed by atoms with Crippen molar-refractivity contribution < 1.29 is 14.3 Å². The number of carbonyl (C=O) groups is 1. The number of benzene rings is 2. The first kappa shape index (κ1) is 19.5. The summed E-state index contributed by atoms with van der Waals surface area (Å²) in [6.45, 7) is 4.15. The Morgan fingerprint density at radius 3 is 2.76 bits per heavy atom. The molecule has 0 aliphatic heterocycles. The number of halogens is 2. The molecule has 1 amide bonds. The lowest BCUT2D eigenvalue weighted by Crippen LogP contribution is -2.12. The van der Waals surface area contributed by atoms with Crippen LogP contribution in [0.5, 0.6) is 11.5 Å². The average molecular weight is 473 g/mol. The van der Waals surface area contributed by atoms with Gasteiger partial charge in [-0.05, 0) is 53.3 Å². The molecule has 5 nitrogen and oxygen atoms in total. The van der Waals surface area contributed by atoms with Gasteiger partial charge >= 0.3 is 0 Å². The normalized spacial score (nSPS) is 10.7. The van der Waals surface area contributed by atoms with Gasteiger partial charge in [-0.15, -0.1) is 0 Å². The van der Waals surface area contributed by atoms with Gasteiger partial charge in [0, 0.05) is 17.5 Å². The van der Waals surface area contributed by atoms with E-state index >= 15 is 0 Å². The zero-order valence-corrected chi connectivity index (χ0v) is 16.8. The second kappa shape index (κ2) is 9.62. The minimum Gasteiger partial charge on any atom is -0.490 e. The number of amides is 1. The van der Waals surface area contributed by atoms with Gasteiger partial charge in [0.15, 0.2) is 11.5 Å². The molecule has 0 bridgehead atoms. The third kappa shape index (κ3) is 5.89. The van der Waals surface area contributed by atoms with Crippen LogP contribution in [-0.4, -0.2) is 18.7 Å². The third-order valence-corrected chi connectivity index (χ3v) is 4.27. The molecule has 0 aliphatic carbocycles. The van der Waals surface area contributed by atoms with Crippen LogP contribution in [0.25, 0.3) is 0 Å². The Morgan fingerprint density at radius 2 is 2.08 bits per heavy atom. The summed E-state index contributed by atoms with van der Waals surface area (Å²) in [5.41, 5.74) is 4.07. The Labute approximate surface area is 165 Å². The van der Waals surface area contributed by atoms with E-state index in [0.29, 0.717) is 29.7 Å². The van der Waals surface area contributed by atoms with E-state index in [0.717, 1.165) is 14.7 Å². The Bertz CT molecular complexity index is 781. The molecule has 0 spiro atoms. The van der Waals surface area contributed by atoms with Gasteiger partial charge in [-0.1, -0.05) is 29.8 Å². The van der Waals surface area contributed by atoms with Crippen LogP contribution in [0, 0.1) is 3.57 Å². The second-order valence-corrected chi connectivity index (χ2v) is 6.64. The average Bonchev–Trinajstić information content (AvgIpc) is 2.55. The summed E-state index contributed by atoms with van der Waals surface area (Å²) in [4.78, 5) is 10.9. The molecule has 0 saturated heterocycles. The predicted molar refractivity (Wildman–Crippen MR) is 108 cm³/mol. The first-order chi connectivity index (χ1) is 12.0. The molecule has 0 saturated carbocycles. The molecule has 1 N–H and O–H groups in total. The van der Waals surface area contributed by atoms with Crippen LogP contribution >= 0.6 is 34.2 Å². The minimum absolute atomic E-state index is 0.226. The monoisotopic (exact) mass is 472 g/mol. The van der Waals surface area contributed by atoms with Crippen LogP contribution in [0.3, 0.4) is 0 Å². The molecule has 2 aromatic carbocycles. The molecular formula is C18H18ClIN2O3. The van der Waals surface area contributed by atoms with E-state index in [4.69, 9.17) is 21.1 Å². The Hall–Kier alpha value is -1.80. The zero-order chi connectivity index (χ0) is 18.2. The van der Waals surface area contributed by atoms with Crippen molar-refractivity contribution in [2.75, 3.05) is 6.61 Å². The number of carbonyl (C=O) groups excluding carboxylic acids is 1. The molecule has 0 heterocycles. The van der Waals surface area contributed by atoms with E-state index in [1.54, 1.807) is 6.21 Å². The topological polar surface area (TPSA) is 59.9 Å². The van der Waals surface area contributed by atoms with E-state index in [9.17, 15) is 4.79 Å². The summed E-state index contributed by atoms with van der Waals surface area (Å²) >= 11 is 8.36. The lowest BCUT2D eigenvalue weighted by molar-refractivity contribution is -0.118. The molecule has 0 aliphatic rings. The molecule has 0 unspecified atom stereocenters. The highest BCUT2D eigenvalue weighted by Crippen LogP contribution is 2.35. The SMILES string of the molecule is CCOc1cc(/C=N\NC(C)=O)cc(I)c1OCc1ccccc1Cl. The van der Waals surface area contributed by atoms with Gasteiger partial charge in [-0.2, -0.15) is 5.10 Å². The van der Waals surface area contributed by atoms with Crippen LogP contribution in [-0.2, 0) is 11.4 Å². The molecule has 0 atom stereocenters. The number of ether oxygens (including phenoxy) is 2. The number of hydrogen-bond acceptors (Lipinski definition) is 4. The molecule has 0 fully saturated rings. The summed E-state index contributed by atoms with van der Waals surface area (Å²) in [5, 5.41) is 4.54. The molecular weight excluding hydrogens is 455 g/mol. The maximum atomic E-state index is 10.9. The van der Waals surface area contributed by atoms with Gasteiger partial charge in [0.25, 0.3) is 0 Å². The van der Waals surface area contributed by atoms with E-state index in [2.05, 4.69) is 33.1 Å². The highest BCUT2D eigenvalue weighted by Gasteiger charge is 2.13. The Morgan fingerprint density at radius 1 is 1.32 bits per heavy atom. The fourth-order valence-corrected chi connectivity index (χ4v) is 3.00. The van der Waals surface area contributed by atoms with E-state index in [1.807, 2.05) is 43.3 Å². The van der Waals surface area contributed by atoms with E-state index in [-0.39, 0.29) is 5.91 Å². The minimum atomic E-state index is -0.226. The van der Waals surface area contributed by atoms with Crippen molar-refractivity contribution in [2.45, 2.75) is 20.5 Å². The van der Waals surface area contributed by atoms with Crippen molar-refractivity contribution in [3.05, 3.63) is 56.1 Å². The highest BCUT2D eigenvalue weighted by molar-refractivity contribution is 14.1. The molecule has 7 heteroatoms. The van der Waals surface area contributed by atoms with Gasteiger partial charge in [0.2, 0.25) is 5.91 Å². The molecule has 132 valence electrons. The summed E-state index contributed by atoms with van der Waals surface area (Å²) in [5.74, 6) is 1.04. The van der Waals surface area contributed by atoms with Crippen LogP contribution in [0.15, 0.2) is 41.5 Å². The van der Waals surface area contributed by atoms with Gasteiger partial charge in [-0.25, -0.2) is 5.43 Å². The van der Waals surface area contributed by atoms with Crippen LogP contribution < -0.4 is 14.9 Å². The zero-order valence-electron chi connectivity index (χ0n) is 13.9. The fraction of sp³-hybridized carbons (Fsp3) is 0.222. The van der Waals surface area contributed by atoms with Crippen LogP contribution in [0.4, 0.5) is 0 Å². The fourth-order valence-electron chi connectivity index (χ4n) is 2.03. The summed E-state index contributed by atoms with van der Waals surface area (Å²) < 4.78 is 12.5. The van der Waals surface area contributed by atoms with Gasteiger partial charge in [0.05, 0.1) is 16.4 Å². The summed E-state index contributed by atoms with van der Waals surface area (Å²) in [6.07, 6.45) is 1.56. The standard InChI is InChI=1S/C18H18ClIN2O3/c1-3-24-17-9-13(10-21-22-12(2)23)8-16(20)18(17)25-11-14-6-4-5-7-15(14)19/h4-10H,3,11H2,1-2H3,(H,22,23)/b21-10-. The molecule has 2 aromatic rings. The quantitative estimate of drug-likeness (QED) is 0.369. The van der Waals surface area contributed by atoms with E-state index in [1.165, 1.54) is 6.92 Å². The number of hydrogen-bond donors (Lipinski definition) is 1. The highest BCUT2D eigenvalue weighted by atomic mass is 127. The third-order valence-electron chi connectivity index (χ3n) is 3.10. The lowest BCUT2D eigenvalue weighted by atomic mass is 10.2. The van der Waals surface area contributed by atoms with Gasteiger partial charge < -0.3 is 9.47 Å². The van der Waals surface area contributed by atoms with Crippen molar-refractivity contribution in [2.24, 2.45) is 5.10 Å². The largest absolute Gasteiger partial charge is 0.490 e. The Kier molecular flexibility index (Phi) is 7.52. The van der Waals surface area contributed by atoms with Crippen molar-refractivity contribution in [3.8, 4) is 11.5 Å². The van der Waals surface area contributed by atoms with E-state index < -0.39 is 0 Å². The number of nitrogens with zero attached hydrogens (tertiary/aromatic N) is 1. The lowest BCUT2D eigenvalue weighted by Gasteiger charge is -2.15. The second-order valence-electron chi connectivity index (χ2n) is 5.07. The predicted octanol–water partition coefficient (Wildman–Crippen LogP) is 4.39. The maximum absolute atomic E-state index is 10.9. The first-order valence-electron chi connectivity index (χ1n) is 7.63. The number of hydrazone groups is 1. The molecule has 0 radical (unpaired) electrons. The molecule has 0 aromatic heterocycles. The van der Waals surface area contributed by atoms with Gasteiger partial charge in [0.1, 0.15) is 6.61 Å². The van der Waals surface area contributed by atoms with Crippen molar-refractivity contribution >= 4 is 46.3 Å². The van der Waals surface area contributed by atoms with Crippen molar-refractivity contribution in [1.82, 2.24) is 5.43 Å². The summed E-state index contributed by atoms with van der Waals surface area (Å²) in [6, 6.07) is 11.3. The van der Waals surface area contributed by atoms with Crippen LogP contribution in [0.1, 0.15) is 25.0 Å². The van der Waals surface area contributed by atoms with Crippen LogP contribution in [0.2, 0.25) is 5.02 Å². The van der Waals surface area contributed by atoms with Crippen molar-refractivity contribution in [3.63, 3.8) is 0 Å². The molecule has 2 rings (SSSR count). The smallest absolute Gasteiger partial charge is 0.236 e. The first-order valence-corrected chi connectivity index (χ1v) is 9.09. The number of nitrogens with one attached hydrogen (secondary N) is 1. The molecule has 25 heavy (non-hydrogen) atoms. The number of rotatable bonds is 7. The summed E-state index contributed by atoms with van der Waals surface area (Å²) in [7, 11) is 0. The Balaban J connectivity index is 2.23. The maximum Gasteiger partial charge on any atom is 0.236 e. The van der Waals surface area contributed by atoms with Crippen molar-refractivity contribution in [1.29, 1.82) is 0 Å². The van der Waals surface area contributed by atoms with Gasteiger partial charge in [-0.3, -0.25) is 4.79 Å².